The van der Waals surface area contributed by atoms with Crippen molar-refractivity contribution in [2.24, 2.45) is 11.8 Å². The summed E-state index contributed by atoms with van der Waals surface area (Å²) in [4.78, 5) is 0. The second kappa shape index (κ2) is 6.09. The van der Waals surface area contributed by atoms with E-state index in [-0.39, 0.29) is 0 Å². The molecule has 0 N–H and O–H groups in total. The van der Waals surface area contributed by atoms with E-state index in [2.05, 4.69) is 54.5 Å². The van der Waals surface area contributed by atoms with Gasteiger partial charge in [0.05, 0.1) is 0 Å². The van der Waals surface area contributed by atoms with Crippen LogP contribution in [0.15, 0.2) is 60.7 Å². The molecule has 0 aliphatic heterocycles. The van der Waals surface area contributed by atoms with Gasteiger partial charge in [0.25, 0.3) is 9.04 Å². The highest BCUT2D eigenvalue weighted by atomic mass is 28.3. The van der Waals surface area contributed by atoms with Crippen LogP contribution in [0.2, 0.25) is 0 Å². The topological polar surface area (TPSA) is 9.23 Å². The van der Waals surface area contributed by atoms with E-state index in [0.29, 0.717) is 11.8 Å². The van der Waals surface area contributed by atoms with Crippen molar-refractivity contribution >= 4 is 19.4 Å². The van der Waals surface area contributed by atoms with Gasteiger partial charge in [0.1, 0.15) is 0 Å². The Morgan fingerprint density at radius 1 is 1.00 bits per heavy atom. The molecule has 1 saturated carbocycles. The van der Waals surface area contributed by atoms with Crippen molar-refractivity contribution in [3.63, 3.8) is 0 Å². The van der Waals surface area contributed by atoms with Gasteiger partial charge >= 0.3 is 0 Å². The minimum Gasteiger partial charge on any atom is -0.407 e. The summed E-state index contributed by atoms with van der Waals surface area (Å²) in [7, 11) is -1.15. The Labute approximate surface area is 122 Å². The van der Waals surface area contributed by atoms with Gasteiger partial charge in [0, 0.05) is 12.5 Å². The maximum atomic E-state index is 6.28. The molecule has 20 heavy (non-hydrogen) atoms. The molecule has 0 heterocycles. The summed E-state index contributed by atoms with van der Waals surface area (Å²) in [6, 6.07) is 21.0. The second-order valence-corrected chi connectivity index (χ2v) is 7.24. The fraction of sp³-hybridized carbons (Fsp3) is 0.222. The molecule has 0 aromatic heterocycles. The number of hydrogen-bond acceptors (Lipinski definition) is 1. The molecule has 2 atom stereocenters. The van der Waals surface area contributed by atoms with E-state index >= 15 is 0 Å². The summed E-state index contributed by atoms with van der Waals surface area (Å²) in [5, 5.41) is 2.59. The van der Waals surface area contributed by atoms with Gasteiger partial charge in [-0.1, -0.05) is 60.7 Å². The van der Waals surface area contributed by atoms with E-state index in [0.717, 1.165) is 13.0 Å². The normalized spacial score (nSPS) is 20.6. The lowest BCUT2D eigenvalue weighted by molar-refractivity contribution is 0.309. The molecule has 0 spiro atoms. The van der Waals surface area contributed by atoms with Crippen LogP contribution in [-0.4, -0.2) is 15.6 Å². The second-order valence-electron chi connectivity index (χ2n) is 5.14. The van der Waals surface area contributed by atoms with E-state index in [4.69, 9.17) is 10.8 Å². The summed E-state index contributed by atoms with van der Waals surface area (Å²) >= 11 is 0. The van der Waals surface area contributed by atoms with Crippen LogP contribution in [-0.2, 0) is 4.43 Å². The average molecular weight is 277 g/mol. The first-order chi connectivity index (χ1) is 9.88. The van der Waals surface area contributed by atoms with Crippen molar-refractivity contribution in [1.82, 2.24) is 0 Å². The Kier molecular flexibility index (Phi) is 4.01. The lowest BCUT2D eigenvalue weighted by atomic mass is 10.3. The molecule has 0 amide bonds. The Balaban J connectivity index is 1.76. The number of benzene rings is 2. The van der Waals surface area contributed by atoms with Gasteiger partial charge in [0.15, 0.2) is 0 Å². The van der Waals surface area contributed by atoms with Gasteiger partial charge in [-0.2, -0.15) is 0 Å². The summed E-state index contributed by atoms with van der Waals surface area (Å²) < 4.78 is 6.28. The molecule has 3 rings (SSSR count). The smallest absolute Gasteiger partial charge is 0.282 e. The van der Waals surface area contributed by atoms with E-state index in [1.165, 1.54) is 10.4 Å². The van der Waals surface area contributed by atoms with Gasteiger partial charge in [0.2, 0.25) is 0 Å². The van der Waals surface area contributed by atoms with Crippen molar-refractivity contribution in [2.45, 2.75) is 6.42 Å². The van der Waals surface area contributed by atoms with Gasteiger partial charge < -0.3 is 4.43 Å². The summed E-state index contributed by atoms with van der Waals surface area (Å²) in [6.07, 6.45) is 6.58. The fourth-order valence-corrected chi connectivity index (χ4v) is 4.38. The number of terminal acetylenes is 1. The minimum absolute atomic E-state index is 0.435. The minimum atomic E-state index is -1.15. The first-order valence-corrected chi connectivity index (χ1v) is 8.36. The Morgan fingerprint density at radius 3 is 2.00 bits per heavy atom. The van der Waals surface area contributed by atoms with Crippen LogP contribution >= 0.6 is 0 Å². The van der Waals surface area contributed by atoms with Crippen LogP contribution in [0.1, 0.15) is 6.42 Å². The predicted molar refractivity (Wildman–Crippen MR) is 84.3 cm³/mol. The molecule has 0 saturated heterocycles. The largest absolute Gasteiger partial charge is 0.407 e. The molecular formula is C18H17OSi. The predicted octanol–water partition coefficient (Wildman–Crippen LogP) is 2.08. The van der Waals surface area contributed by atoms with Gasteiger partial charge in [-0.25, -0.2) is 0 Å². The van der Waals surface area contributed by atoms with Gasteiger partial charge in [-0.05, 0) is 22.7 Å². The van der Waals surface area contributed by atoms with Crippen LogP contribution in [0.5, 0.6) is 0 Å². The molecule has 0 unspecified atom stereocenters. The highest BCUT2D eigenvalue weighted by molar-refractivity contribution is 6.80. The quantitative estimate of drug-likeness (QED) is 0.600. The zero-order valence-electron chi connectivity index (χ0n) is 11.3. The third-order valence-corrected chi connectivity index (χ3v) is 5.82. The van der Waals surface area contributed by atoms with Crippen molar-refractivity contribution < 1.29 is 4.43 Å². The fourth-order valence-electron chi connectivity index (χ4n) is 2.34. The summed E-state index contributed by atoms with van der Waals surface area (Å²) in [6.45, 7) is 0.785. The van der Waals surface area contributed by atoms with Crippen molar-refractivity contribution in [2.75, 3.05) is 6.61 Å². The maximum Gasteiger partial charge on any atom is 0.282 e. The Hall–Kier alpha value is -1.82. The molecule has 1 fully saturated rings. The molecule has 0 bridgehead atoms. The van der Waals surface area contributed by atoms with Crippen molar-refractivity contribution in [3.8, 4) is 12.3 Å². The molecule has 2 aromatic carbocycles. The highest BCUT2D eigenvalue weighted by Crippen LogP contribution is 2.37. The molecule has 1 nitrogen and oxygen atoms in total. The van der Waals surface area contributed by atoms with Gasteiger partial charge in [-0.15, -0.1) is 12.3 Å². The SMILES string of the molecule is C#C[C@@H]1C[C@H]1CO[Si](c1ccccc1)c1ccccc1. The van der Waals surface area contributed by atoms with Crippen LogP contribution < -0.4 is 10.4 Å². The summed E-state index contributed by atoms with van der Waals surface area (Å²) in [5.41, 5.74) is 0. The Bertz CT molecular complexity index is 548. The molecule has 1 radical (unpaired) electrons. The van der Waals surface area contributed by atoms with Gasteiger partial charge in [-0.3, -0.25) is 0 Å². The lowest BCUT2D eigenvalue weighted by Gasteiger charge is -2.16. The van der Waals surface area contributed by atoms with Crippen molar-refractivity contribution in [3.05, 3.63) is 60.7 Å². The number of hydrogen-bond donors (Lipinski definition) is 0. The van der Waals surface area contributed by atoms with E-state index in [9.17, 15) is 0 Å². The van der Waals surface area contributed by atoms with Crippen molar-refractivity contribution in [1.29, 1.82) is 0 Å². The number of rotatable bonds is 5. The maximum absolute atomic E-state index is 6.28. The Morgan fingerprint density at radius 2 is 1.55 bits per heavy atom. The molecule has 1 aliphatic carbocycles. The third kappa shape index (κ3) is 3.01. The first kappa shape index (κ1) is 13.2. The van der Waals surface area contributed by atoms with Crippen LogP contribution in [0.4, 0.5) is 0 Å². The average Bonchev–Trinajstić information content (AvgIpc) is 3.28. The third-order valence-electron chi connectivity index (χ3n) is 3.65. The molecule has 2 aromatic rings. The zero-order valence-corrected chi connectivity index (χ0v) is 12.3. The van der Waals surface area contributed by atoms with Crippen LogP contribution in [0, 0.1) is 24.2 Å². The summed E-state index contributed by atoms with van der Waals surface area (Å²) in [5.74, 6) is 3.82. The molecule has 1 aliphatic rings. The molecular weight excluding hydrogens is 260 g/mol. The standard InChI is InChI=1S/C18H17OSi/c1-2-15-13-16(15)14-19-20(17-9-5-3-6-10-17)18-11-7-4-8-12-18/h1,3-12,15-16H,13-14H2/t15-,16+/m1/s1. The highest BCUT2D eigenvalue weighted by Gasteiger charge is 2.36. The van der Waals surface area contributed by atoms with Crippen LogP contribution in [0.25, 0.3) is 0 Å². The van der Waals surface area contributed by atoms with E-state index < -0.39 is 9.04 Å². The first-order valence-electron chi connectivity index (χ1n) is 6.95. The monoisotopic (exact) mass is 277 g/mol. The van der Waals surface area contributed by atoms with E-state index in [1.807, 2.05) is 12.1 Å². The zero-order chi connectivity index (χ0) is 13.8. The van der Waals surface area contributed by atoms with E-state index in [1.54, 1.807) is 0 Å². The molecule has 99 valence electrons. The lowest BCUT2D eigenvalue weighted by Crippen LogP contribution is -2.45. The van der Waals surface area contributed by atoms with Crippen LogP contribution in [0.3, 0.4) is 0 Å². The molecule has 2 heteroatoms.